The van der Waals surface area contributed by atoms with E-state index in [0.717, 1.165) is 16.7 Å². The number of carbonyl (C=O) groups is 2. The van der Waals surface area contributed by atoms with Gasteiger partial charge in [-0.3, -0.25) is 9.69 Å². The third-order valence-corrected chi connectivity index (χ3v) is 6.34. The summed E-state index contributed by atoms with van der Waals surface area (Å²) < 4.78 is 1.30. The first-order valence-corrected chi connectivity index (χ1v) is 11.0. The molecule has 1 aliphatic heterocycles. The number of anilines is 1. The SMILES string of the molecule is Cn1c(NC(=O)[C@H]2CN2C(c2ccccc2)(c2ccccc2)c2ccccc2)cnc1C(=O)[O-].[Na+]. The molecule has 1 fully saturated rings. The largest absolute Gasteiger partial charge is 1.00 e. The van der Waals surface area contributed by atoms with Crippen molar-refractivity contribution in [2.45, 2.75) is 11.6 Å². The number of nitrogens with zero attached hydrogens (tertiary/aromatic N) is 3. The van der Waals surface area contributed by atoms with E-state index in [0.29, 0.717) is 12.4 Å². The van der Waals surface area contributed by atoms with Gasteiger partial charge in [-0.25, -0.2) is 4.98 Å². The predicted molar refractivity (Wildman–Crippen MR) is 126 cm³/mol. The van der Waals surface area contributed by atoms with E-state index in [1.807, 2.05) is 54.6 Å². The fourth-order valence-electron chi connectivity index (χ4n) is 4.69. The van der Waals surface area contributed by atoms with E-state index in [4.69, 9.17) is 0 Å². The zero-order valence-electron chi connectivity index (χ0n) is 19.6. The van der Waals surface area contributed by atoms with E-state index >= 15 is 0 Å². The van der Waals surface area contributed by atoms with Crippen LogP contribution in [-0.4, -0.2) is 38.9 Å². The van der Waals surface area contributed by atoms with Crippen LogP contribution in [0, 0.1) is 0 Å². The predicted octanol–water partition coefficient (Wildman–Crippen LogP) is -0.598. The average Bonchev–Trinajstić information content (AvgIpc) is 3.59. The molecule has 7 nitrogen and oxygen atoms in total. The summed E-state index contributed by atoms with van der Waals surface area (Å²) in [5.41, 5.74) is 2.50. The standard InChI is InChI=1S/C27H24N4O3.Na/c1-30-23(17-28-24(30)26(33)34)29-25(32)22-18-31(22)27(19-11-5-2-6-12-19,20-13-7-3-8-14-20)21-15-9-4-10-16-21;/h2-17,22H,18H2,1H3,(H,29,32)(H,33,34);/q;+1/p-1/t22-,31?;/m1./s1. The molecule has 3 aromatic carbocycles. The monoisotopic (exact) mass is 474 g/mol. The molecule has 0 spiro atoms. The van der Waals surface area contributed by atoms with Crippen LogP contribution in [0.5, 0.6) is 0 Å². The van der Waals surface area contributed by atoms with Crippen LogP contribution in [0.25, 0.3) is 0 Å². The van der Waals surface area contributed by atoms with Crippen molar-refractivity contribution >= 4 is 17.7 Å². The van der Waals surface area contributed by atoms with Crippen molar-refractivity contribution in [3.63, 3.8) is 0 Å². The van der Waals surface area contributed by atoms with Gasteiger partial charge in [-0.1, -0.05) is 91.0 Å². The summed E-state index contributed by atoms with van der Waals surface area (Å²) in [4.78, 5) is 30.5. The summed E-state index contributed by atoms with van der Waals surface area (Å²) in [7, 11) is 1.53. The third kappa shape index (κ3) is 4.44. The Morgan fingerprint density at radius 2 is 1.34 bits per heavy atom. The van der Waals surface area contributed by atoms with Gasteiger partial charge in [0.2, 0.25) is 5.91 Å². The number of imidazole rings is 1. The van der Waals surface area contributed by atoms with Crippen molar-refractivity contribution in [3.05, 3.63) is 120 Å². The van der Waals surface area contributed by atoms with Crippen LogP contribution < -0.4 is 40.0 Å². The van der Waals surface area contributed by atoms with Crippen LogP contribution in [0.3, 0.4) is 0 Å². The topological polar surface area (TPSA) is 90.1 Å². The van der Waals surface area contributed by atoms with Gasteiger partial charge in [0.15, 0.2) is 5.82 Å². The first-order valence-electron chi connectivity index (χ1n) is 11.0. The van der Waals surface area contributed by atoms with Gasteiger partial charge < -0.3 is 19.8 Å². The second kappa shape index (κ2) is 10.2. The van der Waals surface area contributed by atoms with Crippen molar-refractivity contribution in [1.82, 2.24) is 14.5 Å². The molecule has 2 atom stereocenters. The molecule has 1 unspecified atom stereocenters. The molecule has 1 N–H and O–H groups in total. The van der Waals surface area contributed by atoms with Crippen molar-refractivity contribution in [1.29, 1.82) is 0 Å². The number of nitrogens with one attached hydrogen (secondary N) is 1. The summed E-state index contributed by atoms with van der Waals surface area (Å²) in [6, 6.07) is 30.1. The van der Waals surface area contributed by atoms with Crippen molar-refractivity contribution in [3.8, 4) is 0 Å². The molecule has 8 heteroatoms. The minimum atomic E-state index is -1.40. The van der Waals surface area contributed by atoms with Gasteiger partial charge in [-0.15, -0.1) is 0 Å². The molecule has 170 valence electrons. The normalized spacial score (nSPS) is 16.7. The molecule has 4 aromatic rings. The summed E-state index contributed by atoms with van der Waals surface area (Å²) in [5, 5.41) is 14.0. The number of carbonyl (C=O) groups excluding carboxylic acids is 2. The van der Waals surface area contributed by atoms with E-state index in [1.54, 1.807) is 0 Å². The van der Waals surface area contributed by atoms with Gasteiger partial charge in [0.05, 0.1) is 11.7 Å². The van der Waals surface area contributed by atoms with Gasteiger partial charge in [0, 0.05) is 13.6 Å². The molecule has 1 aromatic heterocycles. The fourth-order valence-corrected chi connectivity index (χ4v) is 4.69. The minimum absolute atomic E-state index is 0. The molecule has 0 saturated carbocycles. The summed E-state index contributed by atoms with van der Waals surface area (Å²) >= 11 is 0. The van der Waals surface area contributed by atoms with E-state index in [1.165, 1.54) is 17.8 Å². The number of hydrogen-bond donors (Lipinski definition) is 1. The number of carboxylic acids is 1. The first kappa shape index (κ1) is 24.9. The van der Waals surface area contributed by atoms with Gasteiger partial charge in [0.25, 0.3) is 0 Å². The van der Waals surface area contributed by atoms with Crippen molar-refractivity contribution in [2.24, 2.45) is 7.05 Å². The number of rotatable bonds is 7. The van der Waals surface area contributed by atoms with E-state index in [9.17, 15) is 14.7 Å². The maximum Gasteiger partial charge on any atom is 1.00 e. The number of carboxylic acid groups (broad SMARTS) is 1. The molecular formula is C27H23N4NaO3. The van der Waals surface area contributed by atoms with Crippen LogP contribution >= 0.6 is 0 Å². The van der Waals surface area contributed by atoms with Gasteiger partial charge in [0.1, 0.15) is 17.8 Å². The smallest absolute Gasteiger partial charge is 0.542 e. The van der Waals surface area contributed by atoms with E-state index in [2.05, 4.69) is 51.6 Å². The summed E-state index contributed by atoms with van der Waals surface area (Å²) in [6.45, 7) is 0.537. The molecule has 0 aliphatic carbocycles. The zero-order valence-corrected chi connectivity index (χ0v) is 21.6. The zero-order chi connectivity index (χ0) is 23.7. The number of hydrogen-bond acceptors (Lipinski definition) is 5. The maximum atomic E-state index is 13.3. The molecule has 1 saturated heterocycles. The number of benzene rings is 3. The Bertz CT molecular complexity index is 1230. The first-order chi connectivity index (χ1) is 16.5. The Morgan fingerprint density at radius 1 is 0.886 bits per heavy atom. The molecule has 1 aliphatic rings. The average molecular weight is 474 g/mol. The summed E-state index contributed by atoms with van der Waals surface area (Å²) in [6.07, 6.45) is 1.33. The Labute approximate surface area is 225 Å². The van der Waals surface area contributed by atoms with Crippen molar-refractivity contribution < 1.29 is 44.3 Å². The van der Waals surface area contributed by atoms with Crippen molar-refractivity contribution in [2.75, 3.05) is 11.9 Å². The van der Waals surface area contributed by atoms with Crippen LogP contribution in [0.15, 0.2) is 97.2 Å². The van der Waals surface area contributed by atoms with Gasteiger partial charge in [-0.2, -0.15) is 0 Å². The van der Waals surface area contributed by atoms with E-state index < -0.39 is 17.6 Å². The molecular weight excluding hydrogens is 451 g/mol. The molecule has 1 amide bonds. The van der Waals surface area contributed by atoms with Crippen LogP contribution in [0.2, 0.25) is 0 Å². The van der Waals surface area contributed by atoms with Crippen LogP contribution in [0.4, 0.5) is 5.82 Å². The Morgan fingerprint density at radius 3 is 1.74 bits per heavy atom. The quantitative estimate of drug-likeness (QED) is 0.220. The third-order valence-electron chi connectivity index (χ3n) is 6.34. The molecule has 0 bridgehead atoms. The van der Waals surface area contributed by atoms with Gasteiger partial charge in [-0.05, 0) is 16.7 Å². The van der Waals surface area contributed by atoms with E-state index in [-0.39, 0.29) is 41.3 Å². The van der Waals surface area contributed by atoms with Gasteiger partial charge >= 0.3 is 29.6 Å². The molecule has 0 radical (unpaired) electrons. The maximum absolute atomic E-state index is 13.3. The number of aromatic nitrogens is 2. The Balaban J connectivity index is 0.00000289. The summed E-state index contributed by atoms with van der Waals surface area (Å²) in [5.74, 6) is -1.55. The van der Waals surface area contributed by atoms with Crippen LogP contribution in [-0.2, 0) is 17.4 Å². The molecule has 5 rings (SSSR count). The number of aromatic carboxylic acids is 1. The number of amides is 1. The molecule has 2 heterocycles. The Hall–Kier alpha value is -3.23. The Kier molecular flexibility index (Phi) is 7.23. The minimum Gasteiger partial charge on any atom is -0.542 e. The molecule has 35 heavy (non-hydrogen) atoms. The second-order valence-electron chi connectivity index (χ2n) is 8.28. The fraction of sp³-hybridized carbons (Fsp3) is 0.148. The second-order valence-corrected chi connectivity index (χ2v) is 8.28. The van der Waals surface area contributed by atoms with Crippen LogP contribution in [0.1, 0.15) is 27.3 Å².